The Balaban J connectivity index is 1.75. The van der Waals surface area contributed by atoms with Gasteiger partial charge in [-0.3, -0.25) is 4.79 Å². The van der Waals surface area contributed by atoms with E-state index >= 15 is 0 Å². The highest BCUT2D eigenvalue weighted by Gasteiger charge is 2.23. The molecule has 1 fully saturated rings. The molecule has 29 heavy (non-hydrogen) atoms. The van der Waals surface area contributed by atoms with Gasteiger partial charge in [0.05, 0.1) is 39.9 Å². The first-order valence-corrected chi connectivity index (χ1v) is 10.6. The molecular formula is C21H27N2O5S+. The lowest BCUT2D eigenvalue weighted by atomic mass is 10.0. The quantitative estimate of drug-likeness (QED) is 0.639. The molecule has 1 amide bonds. The second kappa shape index (κ2) is 10.4. The molecule has 2 N–H and O–H groups in total. The number of thiophene rings is 1. The van der Waals surface area contributed by atoms with Crippen LogP contribution in [0.1, 0.15) is 23.7 Å². The highest BCUT2D eigenvalue weighted by Crippen LogP contribution is 2.36. The molecule has 2 heterocycles. The number of benzene rings is 1. The van der Waals surface area contributed by atoms with E-state index in [1.54, 1.807) is 14.0 Å². The first-order chi connectivity index (χ1) is 14.1. The minimum Gasteiger partial charge on any atom is -0.497 e. The number of morpholine rings is 1. The van der Waals surface area contributed by atoms with Gasteiger partial charge in [0.1, 0.15) is 29.4 Å². The maximum atomic E-state index is 12.6. The topological polar surface area (TPSA) is 78.3 Å². The molecule has 1 aliphatic heterocycles. The number of methoxy groups -OCH3 is 1. The van der Waals surface area contributed by atoms with Crippen molar-refractivity contribution >= 4 is 28.2 Å². The van der Waals surface area contributed by atoms with Crippen molar-refractivity contribution < 1.29 is 28.7 Å². The Morgan fingerprint density at radius 2 is 1.93 bits per heavy atom. The van der Waals surface area contributed by atoms with Crippen LogP contribution in [0, 0.1) is 0 Å². The van der Waals surface area contributed by atoms with Gasteiger partial charge in [0.25, 0.3) is 0 Å². The van der Waals surface area contributed by atoms with Gasteiger partial charge in [0.2, 0.25) is 5.91 Å². The van der Waals surface area contributed by atoms with E-state index in [9.17, 15) is 9.59 Å². The average molecular weight is 420 g/mol. The molecule has 0 radical (unpaired) electrons. The van der Waals surface area contributed by atoms with Crippen LogP contribution in [0.25, 0.3) is 11.1 Å². The lowest BCUT2D eigenvalue weighted by Gasteiger charge is -2.23. The number of amides is 1. The summed E-state index contributed by atoms with van der Waals surface area (Å²) in [6, 6.07) is 7.45. The van der Waals surface area contributed by atoms with Gasteiger partial charge in [-0.2, -0.15) is 0 Å². The minimum atomic E-state index is -0.436. The SMILES string of the molecule is CCOC(=O)c1c(-c2ccc(OC)cc2)csc1NC(=O)CC[NH+]1CCOCC1. The van der Waals surface area contributed by atoms with Crippen molar-refractivity contribution in [2.75, 3.05) is 51.9 Å². The van der Waals surface area contributed by atoms with Crippen LogP contribution in [0.3, 0.4) is 0 Å². The molecule has 3 rings (SSSR count). The third kappa shape index (κ3) is 5.56. The molecule has 156 valence electrons. The second-order valence-corrected chi connectivity index (χ2v) is 7.59. The number of quaternary nitrogens is 1. The summed E-state index contributed by atoms with van der Waals surface area (Å²) in [6.07, 6.45) is 0.396. The molecule has 1 aromatic carbocycles. The Hall–Kier alpha value is -2.42. The summed E-state index contributed by atoms with van der Waals surface area (Å²) in [4.78, 5) is 26.5. The van der Waals surface area contributed by atoms with Crippen molar-refractivity contribution in [1.82, 2.24) is 0 Å². The Bertz CT molecular complexity index is 828. The van der Waals surface area contributed by atoms with Crippen LogP contribution < -0.4 is 15.0 Å². The fraction of sp³-hybridized carbons (Fsp3) is 0.429. The molecular weight excluding hydrogens is 392 g/mol. The van der Waals surface area contributed by atoms with Crippen molar-refractivity contribution in [2.24, 2.45) is 0 Å². The molecule has 1 aliphatic rings. The number of rotatable bonds is 8. The molecule has 0 spiro atoms. The van der Waals surface area contributed by atoms with Crippen LogP contribution in [0.15, 0.2) is 29.6 Å². The Morgan fingerprint density at radius 3 is 2.59 bits per heavy atom. The van der Waals surface area contributed by atoms with Crippen LogP contribution in [-0.2, 0) is 14.3 Å². The van der Waals surface area contributed by atoms with Crippen molar-refractivity contribution in [3.8, 4) is 16.9 Å². The van der Waals surface area contributed by atoms with Crippen LogP contribution in [0.5, 0.6) is 5.75 Å². The number of anilines is 1. The molecule has 0 aliphatic carbocycles. The van der Waals surface area contributed by atoms with Crippen LogP contribution in [0.2, 0.25) is 0 Å². The van der Waals surface area contributed by atoms with E-state index in [1.165, 1.54) is 16.2 Å². The van der Waals surface area contributed by atoms with Gasteiger partial charge < -0.3 is 24.4 Å². The number of hydrogen-bond acceptors (Lipinski definition) is 6. The summed E-state index contributed by atoms with van der Waals surface area (Å²) in [5.74, 6) is 0.201. The molecule has 0 unspecified atom stereocenters. The number of ether oxygens (including phenoxy) is 3. The molecule has 1 saturated heterocycles. The maximum absolute atomic E-state index is 12.6. The molecule has 2 aromatic rings. The maximum Gasteiger partial charge on any atom is 0.341 e. The molecule has 1 aromatic heterocycles. The highest BCUT2D eigenvalue weighted by atomic mass is 32.1. The molecule has 8 heteroatoms. The van der Waals surface area contributed by atoms with Crippen LogP contribution in [0.4, 0.5) is 5.00 Å². The van der Waals surface area contributed by atoms with Gasteiger partial charge in [-0.1, -0.05) is 12.1 Å². The third-order valence-electron chi connectivity index (χ3n) is 4.83. The Kier molecular flexibility index (Phi) is 7.62. The first-order valence-electron chi connectivity index (χ1n) is 9.76. The van der Waals surface area contributed by atoms with Crippen molar-refractivity contribution in [2.45, 2.75) is 13.3 Å². The van der Waals surface area contributed by atoms with E-state index in [4.69, 9.17) is 14.2 Å². The Labute approximate surface area is 174 Å². The van der Waals surface area contributed by atoms with Gasteiger partial charge in [-0.05, 0) is 24.6 Å². The number of carbonyl (C=O) groups excluding carboxylic acids is 2. The molecule has 7 nitrogen and oxygen atoms in total. The summed E-state index contributed by atoms with van der Waals surface area (Å²) in [6.45, 7) is 6.09. The van der Waals surface area contributed by atoms with Crippen molar-refractivity contribution in [3.05, 3.63) is 35.2 Å². The van der Waals surface area contributed by atoms with Crippen LogP contribution in [-0.4, -0.2) is 58.4 Å². The van der Waals surface area contributed by atoms with E-state index in [0.717, 1.165) is 49.7 Å². The largest absolute Gasteiger partial charge is 0.497 e. The number of nitrogens with one attached hydrogen (secondary N) is 2. The summed E-state index contributed by atoms with van der Waals surface area (Å²) >= 11 is 1.33. The normalized spacial score (nSPS) is 14.4. The summed E-state index contributed by atoms with van der Waals surface area (Å²) in [7, 11) is 1.61. The lowest BCUT2D eigenvalue weighted by molar-refractivity contribution is -0.907. The fourth-order valence-corrected chi connectivity index (χ4v) is 4.20. The van der Waals surface area contributed by atoms with Gasteiger partial charge >= 0.3 is 5.97 Å². The zero-order valence-electron chi connectivity index (χ0n) is 16.8. The second-order valence-electron chi connectivity index (χ2n) is 6.71. The number of hydrogen-bond donors (Lipinski definition) is 2. The average Bonchev–Trinajstić information content (AvgIpc) is 3.16. The summed E-state index contributed by atoms with van der Waals surface area (Å²) in [5.41, 5.74) is 2.00. The number of esters is 1. The smallest absolute Gasteiger partial charge is 0.341 e. The predicted molar refractivity (Wildman–Crippen MR) is 112 cm³/mol. The van der Waals surface area contributed by atoms with Crippen LogP contribution >= 0.6 is 11.3 Å². The van der Waals surface area contributed by atoms with E-state index < -0.39 is 5.97 Å². The predicted octanol–water partition coefficient (Wildman–Crippen LogP) is 1.84. The van der Waals surface area contributed by atoms with E-state index in [0.29, 0.717) is 17.0 Å². The standard InChI is InChI=1S/C21H26N2O5S/c1-3-28-21(25)19-17(15-4-6-16(26-2)7-5-15)14-29-20(19)22-18(24)8-9-23-10-12-27-13-11-23/h4-7,14H,3,8-13H2,1-2H3,(H,22,24)/p+1. The minimum absolute atomic E-state index is 0.0994. The summed E-state index contributed by atoms with van der Waals surface area (Å²) in [5, 5.41) is 5.31. The number of carbonyl (C=O) groups is 2. The van der Waals surface area contributed by atoms with Crippen molar-refractivity contribution in [1.29, 1.82) is 0 Å². The lowest BCUT2D eigenvalue weighted by Crippen LogP contribution is -3.14. The molecule has 0 bridgehead atoms. The summed E-state index contributed by atoms with van der Waals surface area (Å²) < 4.78 is 15.8. The molecule has 0 saturated carbocycles. The van der Waals surface area contributed by atoms with Gasteiger partial charge in [-0.25, -0.2) is 4.79 Å². The highest BCUT2D eigenvalue weighted by molar-refractivity contribution is 7.15. The Morgan fingerprint density at radius 1 is 1.21 bits per heavy atom. The van der Waals surface area contributed by atoms with E-state index in [1.807, 2.05) is 29.6 Å². The van der Waals surface area contributed by atoms with Gasteiger partial charge in [0.15, 0.2) is 0 Å². The fourth-order valence-electron chi connectivity index (χ4n) is 3.23. The van der Waals surface area contributed by atoms with E-state index in [-0.39, 0.29) is 12.5 Å². The first kappa shape index (κ1) is 21.3. The monoisotopic (exact) mass is 419 g/mol. The van der Waals surface area contributed by atoms with Gasteiger partial charge in [0, 0.05) is 10.9 Å². The third-order valence-corrected chi connectivity index (χ3v) is 5.73. The van der Waals surface area contributed by atoms with E-state index in [2.05, 4.69) is 5.32 Å². The molecule has 0 atom stereocenters. The van der Waals surface area contributed by atoms with Crippen molar-refractivity contribution in [3.63, 3.8) is 0 Å². The zero-order chi connectivity index (χ0) is 20.6. The van der Waals surface area contributed by atoms with Gasteiger partial charge in [-0.15, -0.1) is 11.3 Å². The zero-order valence-corrected chi connectivity index (χ0v) is 17.6.